The zero-order chi connectivity index (χ0) is 13.0. The van der Waals surface area contributed by atoms with Gasteiger partial charge in [-0.25, -0.2) is 0 Å². The van der Waals surface area contributed by atoms with Crippen molar-refractivity contribution < 1.29 is 4.79 Å². The van der Waals surface area contributed by atoms with Crippen LogP contribution in [0.3, 0.4) is 0 Å². The highest BCUT2D eigenvalue weighted by atomic mass is 79.9. The van der Waals surface area contributed by atoms with Gasteiger partial charge >= 0.3 is 0 Å². The van der Waals surface area contributed by atoms with Gasteiger partial charge in [0.25, 0.3) is 0 Å². The number of carbonyl (C=O) groups is 1. The number of carbonyl (C=O) groups excluding carboxylic acids is 1. The van der Waals surface area contributed by atoms with E-state index in [1.807, 2.05) is 24.3 Å². The Hall–Kier alpha value is -0.580. The normalized spacial score (nSPS) is 16.7. The molecule has 0 saturated heterocycles. The third kappa shape index (κ3) is 4.20. The first-order chi connectivity index (χ1) is 8.65. The first-order valence-corrected chi connectivity index (χ1v) is 7.19. The zero-order valence-corrected chi connectivity index (χ0v) is 13.2. The average Bonchev–Trinajstić information content (AvgIpc) is 2.81. The summed E-state index contributed by atoms with van der Waals surface area (Å²) in [7, 11) is 0. The molecule has 0 atom stereocenters. The number of benzene rings is 1. The molecule has 1 saturated carbocycles. The standard InChI is InChI=1S/C14H19BrN2O.ClH/c15-12-6-2-1-5-11(12)9-13(18)17-14(10-16)7-3-4-8-14;/h1-2,5-6H,3-4,7-10,16H2,(H,17,18);1H. The van der Waals surface area contributed by atoms with Gasteiger partial charge < -0.3 is 11.1 Å². The van der Waals surface area contributed by atoms with Crippen molar-refractivity contribution in [2.75, 3.05) is 6.54 Å². The van der Waals surface area contributed by atoms with Gasteiger partial charge in [-0.05, 0) is 24.5 Å². The van der Waals surface area contributed by atoms with Crippen molar-refractivity contribution in [1.29, 1.82) is 0 Å². The Labute approximate surface area is 128 Å². The largest absolute Gasteiger partial charge is 0.349 e. The minimum atomic E-state index is -0.154. The van der Waals surface area contributed by atoms with Crippen LogP contribution in [0.2, 0.25) is 0 Å². The third-order valence-corrected chi connectivity index (χ3v) is 4.44. The summed E-state index contributed by atoms with van der Waals surface area (Å²) in [6.07, 6.45) is 4.73. The molecule has 1 fully saturated rings. The smallest absolute Gasteiger partial charge is 0.224 e. The molecule has 2 rings (SSSR count). The molecular weight excluding hydrogens is 328 g/mol. The van der Waals surface area contributed by atoms with E-state index in [2.05, 4.69) is 21.2 Å². The summed E-state index contributed by atoms with van der Waals surface area (Å²) < 4.78 is 0.980. The van der Waals surface area contributed by atoms with Crippen LogP contribution in [-0.4, -0.2) is 18.0 Å². The highest BCUT2D eigenvalue weighted by Crippen LogP contribution is 2.28. The quantitative estimate of drug-likeness (QED) is 0.880. The summed E-state index contributed by atoms with van der Waals surface area (Å²) in [5.74, 6) is 0.0641. The second-order valence-electron chi connectivity index (χ2n) is 5.01. The summed E-state index contributed by atoms with van der Waals surface area (Å²) in [6, 6.07) is 7.82. The van der Waals surface area contributed by atoms with Crippen LogP contribution in [0.5, 0.6) is 0 Å². The topological polar surface area (TPSA) is 55.1 Å². The molecule has 1 aliphatic carbocycles. The van der Waals surface area contributed by atoms with Crippen LogP contribution in [0.4, 0.5) is 0 Å². The van der Waals surface area contributed by atoms with Crippen molar-refractivity contribution in [3.8, 4) is 0 Å². The summed E-state index contributed by atoms with van der Waals surface area (Å²) in [5, 5.41) is 3.13. The van der Waals surface area contributed by atoms with Crippen LogP contribution in [0.25, 0.3) is 0 Å². The predicted octanol–water partition coefficient (Wildman–Crippen LogP) is 2.80. The van der Waals surface area contributed by atoms with E-state index >= 15 is 0 Å². The van der Waals surface area contributed by atoms with E-state index in [0.29, 0.717) is 13.0 Å². The van der Waals surface area contributed by atoms with Gasteiger partial charge in [-0.15, -0.1) is 12.4 Å². The van der Waals surface area contributed by atoms with Crippen molar-refractivity contribution in [3.63, 3.8) is 0 Å². The number of hydrogen-bond donors (Lipinski definition) is 2. The number of rotatable bonds is 4. The third-order valence-electron chi connectivity index (χ3n) is 3.66. The highest BCUT2D eigenvalue weighted by Gasteiger charge is 2.33. The van der Waals surface area contributed by atoms with E-state index in [-0.39, 0.29) is 23.9 Å². The van der Waals surface area contributed by atoms with Gasteiger partial charge in [0.1, 0.15) is 0 Å². The summed E-state index contributed by atoms with van der Waals surface area (Å²) in [6.45, 7) is 0.536. The predicted molar refractivity (Wildman–Crippen MR) is 83.5 cm³/mol. The molecule has 0 aliphatic heterocycles. The lowest BCUT2D eigenvalue weighted by Gasteiger charge is -2.28. The summed E-state index contributed by atoms with van der Waals surface area (Å²) in [4.78, 5) is 12.1. The van der Waals surface area contributed by atoms with Gasteiger partial charge in [-0.2, -0.15) is 0 Å². The van der Waals surface area contributed by atoms with Gasteiger partial charge in [0, 0.05) is 11.0 Å². The van der Waals surface area contributed by atoms with Crippen LogP contribution < -0.4 is 11.1 Å². The fourth-order valence-corrected chi connectivity index (χ4v) is 3.01. The Morgan fingerprint density at radius 1 is 1.32 bits per heavy atom. The summed E-state index contributed by atoms with van der Waals surface area (Å²) in [5.41, 5.74) is 6.68. The van der Waals surface area contributed by atoms with Crippen molar-refractivity contribution in [3.05, 3.63) is 34.3 Å². The SMILES string of the molecule is Cl.NCC1(NC(=O)Cc2ccccc2Br)CCCC1. The maximum Gasteiger partial charge on any atom is 0.224 e. The molecule has 0 heterocycles. The van der Waals surface area contributed by atoms with Crippen molar-refractivity contribution in [2.24, 2.45) is 5.73 Å². The lowest BCUT2D eigenvalue weighted by Crippen LogP contribution is -2.52. The Bertz CT molecular complexity index is 433. The minimum Gasteiger partial charge on any atom is -0.349 e. The molecule has 106 valence electrons. The van der Waals surface area contributed by atoms with E-state index in [0.717, 1.165) is 35.7 Å². The number of nitrogens with two attached hydrogens (primary N) is 1. The Kier molecular flexibility index (Phi) is 6.30. The molecule has 3 N–H and O–H groups in total. The van der Waals surface area contributed by atoms with Gasteiger partial charge in [-0.3, -0.25) is 4.79 Å². The second kappa shape index (κ2) is 7.27. The van der Waals surface area contributed by atoms with Crippen LogP contribution in [0.15, 0.2) is 28.7 Å². The fraction of sp³-hybridized carbons (Fsp3) is 0.500. The molecule has 1 aromatic carbocycles. The molecule has 0 bridgehead atoms. The van der Waals surface area contributed by atoms with Gasteiger partial charge in [0.05, 0.1) is 12.0 Å². The molecule has 1 amide bonds. The maximum absolute atomic E-state index is 12.1. The molecule has 0 unspecified atom stereocenters. The molecule has 0 aromatic heterocycles. The molecular formula is C14H20BrClN2O. The van der Waals surface area contributed by atoms with Crippen molar-refractivity contribution in [2.45, 2.75) is 37.6 Å². The number of amides is 1. The van der Waals surface area contributed by atoms with Gasteiger partial charge in [0.2, 0.25) is 5.91 Å². The average molecular weight is 348 g/mol. The fourth-order valence-electron chi connectivity index (χ4n) is 2.59. The summed E-state index contributed by atoms with van der Waals surface area (Å²) >= 11 is 3.46. The van der Waals surface area contributed by atoms with Crippen LogP contribution >= 0.6 is 28.3 Å². The van der Waals surface area contributed by atoms with E-state index in [1.54, 1.807) is 0 Å². The van der Waals surface area contributed by atoms with Gasteiger partial charge in [0.15, 0.2) is 0 Å². The molecule has 1 aliphatic rings. The van der Waals surface area contributed by atoms with Crippen molar-refractivity contribution in [1.82, 2.24) is 5.32 Å². The van der Waals surface area contributed by atoms with Crippen molar-refractivity contribution >= 4 is 34.2 Å². The van der Waals surface area contributed by atoms with Crippen LogP contribution in [-0.2, 0) is 11.2 Å². The molecule has 3 nitrogen and oxygen atoms in total. The Morgan fingerprint density at radius 3 is 2.53 bits per heavy atom. The molecule has 0 spiro atoms. The van der Waals surface area contributed by atoms with E-state index < -0.39 is 0 Å². The number of hydrogen-bond acceptors (Lipinski definition) is 2. The zero-order valence-electron chi connectivity index (χ0n) is 10.8. The number of halogens is 2. The Balaban J connectivity index is 0.00000180. The Morgan fingerprint density at radius 2 is 1.95 bits per heavy atom. The van der Waals surface area contributed by atoms with Gasteiger partial charge in [-0.1, -0.05) is 47.0 Å². The highest BCUT2D eigenvalue weighted by molar-refractivity contribution is 9.10. The number of nitrogens with one attached hydrogen (secondary N) is 1. The maximum atomic E-state index is 12.1. The van der Waals surface area contributed by atoms with E-state index in [9.17, 15) is 4.79 Å². The second-order valence-corrected chi connectivity index (χ2v) is 5.86. The molecule has 5 heteroatoms. The monoisotopic (exact) mass is 346 g/mol. The van der Waals surface area contributed by atoms with E-state index in [1.165, 1.54) is 0 Å². The minimum absolute atomic E-state index is 0. The molecule has 19 heavy (non-hydrogen) atoms. The molecule has 1 aromatic rings. The lowest BCUT2D eigenvalue weighted by atomic mass is 9.97. The van der Waals surface area contributed by atoms with E-state index in [4.69, 9.17) is 5.73 Å². The van der Waals surface area contributed by atoms with Crippen LogP contribution in [0, 0.1) is 0 Å². The lowest BCUT2D eigenvalue weighted by molar-refractivity contribution is -0.122. The first-order valence-electron chi connectivity index (χ1n) is 6.40. The first kappa shape index (κ1) is 16.5. The molecule has 0 radical (unpaired) electrons. The van der Waals surface area contributed by atoms with Crippen LogP contribution in [0.1, 0.15) is 31.2 Å².